The molecule has 0 unspecified atom stereocenters. The van der Waals surface area contributed by atoms with Gasteiger partial charge in [0.2, 0.25) is 0 Å². The Labute approximate surface area is 83.0 Å². The van der Waals surface area contributed by atoms with Crippen molar-refractivity contribution in [3.63, 3.8) is 0 Å². The molecule has 0 aliphatic carbocycles. The van der Waals surface area contributed by atoms with Crippen LogP contribution in [-0.2, 0) is 6.54 Å². The largest absolute Gasteiger partial charge is 0.465 e. The van der Waals surface area contributed by atoms with E-state index in [1.54, 1.807) is 0 Å². The Morgan fingerprint density at radius 1 is 1.43 bits per heavy atom. The first-order chi connectivity index (χ1) is 6.74. The Hall–Kier alpha value is -1.95. The zero-order valence-electron chi connectivity index (χ0n) is 7.68. The van der Waals surface area contributed by atoms with Gasteiger partial charge >= 0.3 is 6.09 Å². The second-order valence-electron chi connectivity index (χ2n) is 2.83. The summed E-state index contributed by atoms with van der Waals surface area (Å²) < 4.78 is 0. The van der Waals surface area contributed by atoms with Gasteiger partial charge in [0.25, 0.3) is 0 Å². The van der Waals surface area contributed by atoms with Gasteiger partial charge in [0, 0.05) is 6.54 Å². The van der Waals surface area contributed by atoms with E-state index in [4.69, 9.17) is 11.5 Å². The highest BCUT2D eigenvalue weighted by atomic mass is 16.4. The Kier molecular flexibility index (Phi) is 3.57. The van der Waals surface area contributed by atoms with Gasteiger partial charge in [0.15, 0.2) is 0 Å². The SMILES string of the molecule is C#CCN(Cc1ccccc1)C(=O)O. The third kappa shape index (κ3) is 2.83. The third-order valence-electron chi connectivity index (χ3n) is 1.77. The maximum atomic E-state index is 10.7. The Balaban J connectivity index is 2.66. The van der Waals surface area contributed by atoms with Gasteiger partial charge in [-0.15, -0.1) is 6.42 Å². The number of terminal acetylenes is 1. The highest BCUT2D eigenvalue weighted by Gasteiger charge is 2.09. The van der Waals surface area contributed by atoms with E-state index in [2.05, 4.69) is 5.92 Å². The number of nitrogens with zero attached hydrogens (tertiary/aromatic N) is 1. The van der Waals surface area contributed by atoms with Gasteiger partial charge in [-0.05, 0) is 5.56 Å². The fourth-order valence-electron chi connectivity index (χ4n) is 1.11. The molecule has 0 aromatic heterocycles. The third-order valence-corrected chi connectivity index (χ3v) is 1.77. The van der Waals surface area contributed by atoms with E-state index in [-0.39, 0.29) is 6.54 Å². The summed E-state index contributed by atoms with van der Waals surface area (Å²) in [6.07, 6.45) is 4.07. The molecule has 1 N–H and O–H groups in total. The molecule has 1 aromatic carbocycles. The van der Waals surface area contributed by atoms with Crippen LogP contribution in [0.2, 0.25) is 0 Å². The van der Waals surface area contributed by atoms with Crippen molar-refractivity contribution in [2.24, 2.45) is 0 Å². The van der Waals surface area contributed by atoms with Crippen LogP contribution in [0.3, 0.4) is 0 Å². The van der Waals surface area contributed by atoms with Crippen LogP contribution in [0, 0.1) is 12.3 Å². The summed E-state index contributed by atoms with van der Waals surface area (Å²) in [7, 11) is 0. The molecule has 0 saturated heterocycles. The number of carboxylic acid groups (broad SMARTS) is 1. The number of rotatable bonds is 3. The molecule has 1 rings (SSSR count). The van der Waals surface area contributed by atoms with Gasteiger partial charge in [-0.1, -0.05) is 36.3 Å². The lowest BCUT2D eigenvalue weighted by molar-refractivity contribution is 0.148. The van der Waals surface area contributed by atoms with Gasteiger partial charge < -0.3 is 5.11 Å². The zero-order valence-corrected chi connectivity index (χ0v) is 7.68. The molecule has 1 aromatic rings. The van der Waals surface area contributed by atoms with Crippen molar-refractivity contribution in [2.45, 2.75) is 6.54 Å². The smallest absolute Gasteiger partial charge is 0.408 e. The lowest BCUT2D eigenvalue weighted by atomic mass is 10.2. The predicted octanol–water partition coefficient (Wildman–Crippen LogP) is 1.80. The number of carbonyl (C=O) groups is 1. The summed E-state index contributed by atoms with van der Waals surface area (Å²) in [5.41, 5.74) is 0.935. The van der Waals surface area contributed by atoms with Crippen LogP contribution in [0.1, 0.15) is 5.56 Å². The van der Waals surface area contributed by atoms with Gasteiger partial charge in [-0.2, -0.15) is 0 Å². The van der Waals surface area contributed by atoms with Crippen molar-refractivity contribution >= 4 is 6.09 Å². The molecule has 14 heavy (non-hydrogen) atoms. The summed E-state index contributed by atoms with van der Waals surface area (Å²) in [5.74, 6) is 2.31. The molecule has 1 amide bonds. The minimum Gasteiger partial charge on any atom is -0.465 e. The standard InChI is InChI=1S/C11H11NO2/c1-2-8-12(11(13)14)9-10-6-4-3-5-7-10/h1,3-7H,8-9H2,(H,13,14). The Morgan fingerprint density at radius 3 is 2.57 bits per heavy atom. The van der Waals surface area contributed by atoms with Crippen LogP contribution in [0.4, 0.5) is 4.79 Å². The van der Waals surface area contributed by atoms with E-state index in [9.17, 15) is 4.79 Å². The average molecular weight is 189 g/mol. The highest BCUT2D eigenvalue weighted by molar-refractivity contribution is 5.65. The van der Waals surface area contributed by atoms with Crippen molar-refractivity contribution in [2.75, 3.05) is 6.54 Å². The molecule has 0 aliphatic rings. The monoisotopic (exact) mass is 189 g/mol. The van der Waals surface area contributed by atoms with E-state index in [0.29, 0.717) is 6.54 Å². The van der Waals surface area contributed by atoms with E-state index in [1.165, 1.54) is 4.90 Å². The number of hydrogen-bond acceptors (Lipinski definition) is 1. The van der Waals surface area contributed by atoms with E-state index in [1.807, 2.05) is 30.3 Å². The van der Waals surface area contributed by atoms with Gasteiger partial charge in [0.1, 0.15) is 0 Å². The highest BCUT2D eigenvalue weighted by Crippen LogP contribution is 2.03. The maximum absolute atomic E-state index is 10.7. The molecule has 0 aliphatic heterocycles. The topological polar surface area (TPSA) is 40.5 Å². The van der Waals surface area contributed by atoms with Crippen molar-refractivity contribution < 1.29 is 9.90 Å². The van der Waals surface area contributed by atoms with E-state index in [0.717, 1.165) is 5.56 Å². The molecule has 0 radical (unpaired) electrons. The van der Waals surface area contributed by atoms with E-state index < -0.39 is 6.09 Å². The number of amides is 1. The molecule has 0 atom stereocenters. The van der Waals surface area contributed by atoms with Crippen LogP contribution >= 0.6 is 0 Å². The second-order valence-corrected chi connectivity index (χ2v) is 2.83. The molecule has 0 fully saturated rings. The molecule has 72 valence electrons. The average Bonchev–Trinajstić information content (AvgIpc) is 2.18. The zero-order chi connectivity index (χ0) is 10.4. The van der Waals surface area contributed by atoms with Crippen molar-refractivity contribution in [3.8, 4) is 12.3 Å². The summed E-state index contributed by atoms with van der Waals surface area (Å²) in [6.45, 7) is 0.449. The van der Waals surface area contributed by atoms with Crippen LogP contribution in [0.15, 0.2) is 30.3 Å². The predicted molar refractivity (Wildman–Crippen MR) is 53.7 cm³/mol. The van der Waals surface area contributed by atoms with E-state index >= 15 is 0 Å². The first-order valence-corrected chi connectivity index (χ1v) is 4.19. The first kappa shape index (κ1) is 10.1. The molecule has 0 bridgehead atoms. The molecule has 0 heterocycles. The van der Waals surface area contributed by atoms with Gasteiger partial charge in [-0.3, -0.25) is 4.90 Å². The van der Waals surface area contributed by atoms with Gasteiger partial charge in [0.05, 0.1) is 6.54 Å². The quantitative estimate of drug-likeness (QED) is 0.736. The summed E-state index contributed by atoms with van der Waals surface area (Å²) in [4.78, 5) is 11.9. The molecule has 0 saturated carbocycles. The van der Waals surface area contributed by atoms with Crippen LogP contribution in [-0.4, -0.2) is 22.6 Å². The maximum Gasteiger partial charge on any atom is 0.408 e. The van der Waals surface area contributed by atoms with Crippen molar-refractivity contribution in [1.82, 2.24) is 4.90 Å². The molecule has 3 heteroatoms. The summed E-state index contributed by atoms with van der Waals surface area (Å²) in [6, 6.07) is 9.35. The van der Waals surface area contributed by atoms with Crippen molar-refractivity contribution in [3.05, 3.63) is 35.9 Å². The van der Waals surface area contributed by atoms with Crippen molar-refractivity contribution in [1.29, 1.82) is 0 Å². The Morgan fingerprint density at radius 2 is 2.07 bits per heavy atom. The molecule has 3 nitrogen and oxygen atoms in total. The van der Waals surface area contributed by atoms with Crippen LogP contribution in [0.25, 0.3) is 0 Å². The fourth-order valence-corrected chi connectivity index (χ4v) is 1.11. The lowest BCUT2D eigenvalue weighted by Crippen LogP contribution is -2.29. The molecule has 0 spiro atoms. The summed E-state index contributed by atoms with van der Waals surface area (Å²) >= 11 is 0. The molecular weight excluding hydrogens is 178 g/mol. The minimum absolute atomic E-state index is 0.115. The lowest BCUT2D eigenvalue weighted by Gasteiger charge is -2.15. The molecular formula is C11H11NO2. The van der Waals surface area contributed by atoms with Crippen LogP contribution in [0.5, 0.6) is 0 Å². The Bertz CT molecular complexity index is 340. The minimum atomic E-state index is -0.994. The second kappa shape index (κ2) is 4.93. The van der Waals surface area contributed by atoms with Crippen LogP contribution < -0.4 is 0 Å². The summed E-state index contributed by atoms with van der Waals surface area (Å²) in [5, 5.41) is 8.80. The number of benzene rings is 1. The fraction of sp³-hybridized carbons (Fsp3) is 0.182. The van der Waals surface area contributed by atoms with Gasteiger partial charge in [-0.25, -0.2) is 4.79 Å². The first-order valence-electron chi connectivity index (χ1n) is 4.19. The normalized spacial score (nSPS) is 9.07. The number of hydrogen-bond donors (Lipinski definition) is 1.